The van der Waals surface area contributed by atoms with Crippen molar-refractivity contribution in [1.29, 1.82) is 0 Å². The van der Waals surface area contributed by atoms with Crippen LogP contribution in [0.5, 0.6) is 0 Å². The molecule has 0 saturated heterocycles. The van der Waals surface area contributed by atoms with Crippen LogP contribution in [0.25, 0.3) is 11.0 Å². The number of nitrogens with zero attached hydrogens (tertiary/aromatic N) is 1. The summed E-state index contributed by atoms with van der Waals surface area (Å²) >= 11 is 0. The van der Waals surface area contributed by atoms with Crippen LogP contribution in [0.4, 0.5) is 0 Å². The van der Waals surface area contributed by atoms with E-state index in [9.17, 15) is 4.79 Å². The van der Waals surface area contributed by atoms with Gasteiger partial charge in [0.15, 0.2) is 0 Å². The minimum atomic E-state index is -0.911. The molecule has 3 rings (SSSR count). The molecule has 110 valence electrons. The van der Waals surface area contributed by atoms with Crippen molar-refractivity contribution in [2.45, 2.75) is 38.5 Å². The molecule has 2 aromatic rings. The summed E-state index contributed by atoms with van der Waals surface area (Å²) in [5.74, 6) is 0.145. The number of oxime groups is 1. The van der Waals surface area contributed by atoms with Gasteiger partial charge in [0, 0.05) is 29.4 Å². The molecule has 5 heteroatoms. The number of carbonyl (C=O) groups is 1. The van der Waals surface area contributed by atoms with E-state index < -0.39 is 5.97 Å². The number of carboxylic acid groups (broad SMARTS) is 1. The van der Waals surface area contributed by atoms with Crippen molar-refractivity contribution < 1.29 is 19.5 Å². The number of fused-ring (bicyclic) bond motifs is 3. The highest BCUT2D eigenvalue weighted by atomic mass is 16.4. The first-order chi connectivity index (χ1) is 10.2. The molecule has 0 unspecified atom stereocenters. The van der Waals surface area contributed by atoms with Crippen molar-refractivity contribution in [3.63, 3.8) is 0 Å². The van der Waals surface area contributed by atoms with Crippen molar-refractivity contribution in [3.05, 3.63) is 35.1 Å². The number of furan rings is 1. The van der Waals surface area contributed by atoms with Crippen LogP contribution in [0.1, 0.15) is 42.6 Å². The van der Waals surface area contributed by atoms with Gasteiger partial charge in [0.25, 0.3) is 0 Å². The third kappa shape index (κ3) is 2.63. The number of aliphatic carboxylic acids is 1. The molecule has 0 aliphatic heterocycles. The minimum Gasteiger partial charge on any atom is -0.481 e. The van der Waals surface area contributed by atoms with Crippen molar-refractivity contribution in [2.24, 2.45) is 5.16 Å². The van der Waals surface area contributed by atoms with E-state index in [1.165, 1.54) is 12.0 Å². The lowest BCUT2D eigenvalue weighted by atomic mass is 9.95. The van der Waals surface area contributed by atoms with Gasteiger partial charge in [-0.1, -0.05) is 17.3 Å². The van der Waals surface area contributed by atoms with Crippen LogP contribution < -0.4 is 0 Å². The summed E-state index contributed by atoms with van der Waals surface area (Å²) in [6.45, 7) is 0. The Labute approximate surface area is 121 Å². The quantitative estimate of drug-likeness (QED) is 0.513. The first-order valence-electron chi connectivity index (χ1n) is 7.16. The molecule has 0 amide bonds. The van der Waals surface area contributed by atoms with Crippen LogP contribution in [0.15, 0.2) is 27.8 Å². The van der Waals surface area contributed by atoms with Gasteiger partial charge in [-0.25, -0.2) is 0 Å². The molecule has 0 radical (unpaired) electrons. The topological polar surface area (TPSA) is 83.0 Å². The molecule has 1 heterocycles. The molecule has 0 fully saturated rings. The Morgan fingerprint density at radius 2 is 2.05 bits per heavy atom. The molecule has 0 bridgehead atoms. The predicted octanol–water partition coefficient (Wildman–Crippen LogP) is 3.35. The molecule has 5 nitrogen and oxygen atoms in total. The Hall–Kier alpha value is -2.30. The van der Waals surface area contributed by atoms with Crippen molar-refractivity contribution in [1.82, 2.24) is 0 Å². The van der Waals surface area contributed by atoms with E-state index in [-0.39, 0.29) is 12.8 Å². The lowest BCUT2D eigenvalue weighted by Gasteiger charge is -2.08. The highest BCUT2D eigenvalue weighted by molar-refractivity contribution is 6.03. The van der Waals surface area contributed by atoms with Crippen LogP contribution in [0.2, 0.25) is 0 Å². The molecule has 21 heavy (non-hydrogen) atoms. The summed E-state index contributed by atoms with van der Waals surface area (Å²) in [4.78, 5) is 10.6. The summed E-state index contributed by atoms with van der Waals surface area (Å²) < 4.78 is 5.90. The van der Waals surface area contributed by atoms with Gasteiger partial charge in [-0.05, 0) is 25.3 Å². The highest BCUT2D eigenvalue weighted by Gasteiger charge is 2.18. The Morgan fingerprint density at radius 3 is 2.81 bits per heavy atom. The molecule has 1 aliphatic rings. The maximum Gasteiger partial charge on any atom is 0.303 e. The van der Waals surface area contributed by atoms with E-state index in [1.807, 2.05) is 18.2 Å². The molecular formula is C16H17NO4. The van der Waals surface area contributed by atoms with Gasteiger partial charge in [-0.15, -0.1) is 0 Å². The second kappa shape index (κ2) is 5.60. The lowest BCUT2D eigenvalue weighted by molar-refractivity contribution is -0.136. The Balaban J connectivity index is 1.95. The first-order valence-corrected chi connectivity index (χ1v) is 7.16. The number of hydrogen-bond donors (Lipinski definition) is 2. The van der Waals surface area contributed by atoms with E-state index in [2.05, 4.69) is 5.16 Å². The van der Waals surface area contributed by atoms with Gasteiger partial charge in [-0.2, -0.15) is 0 Å². The van der Waals surface area contributed by atoms with Crippen molar-refractivity contribution in [3.8, 4) is 0 Å². The van der Waals surface area contributed by atoms with Gasteiger partial charge < -0.3 is 14.7 Å². The van der Waals surface area contributed by atoms with E-state index >= 15 is 0 Å². The molecule has 1 aromatic heterocycles. The van der Waals surface area contributed by atoms with Gasteiger partial charge in [0.05, 0.1) is 12.1 Å². The average molecular weight is 287 g/mol. The summed E-state index contributed by atoms with van der Waals surface area (Å²) in [5.41, 5.74) is 3.15. The Bertz CT molecular complexity index is 714. The normalized spacial score (nSPS) is 15.1. The smallest absolute Gasteiger partial charge is 0.303 e. The van der Waals surface area contributed by atoms with Crippen LogP contribution in [-0.4, -0.2) is 22.0 Å². The summed E-state index contributed by atoms with van der Waals surface area (Å²) in [6.07, 6.45) is 4.48. The van der Waals surface area contributed by atoms with Crippen LogP contribution in [0, 0.1) is 0 Å². The fourth-order valence-electron chi connectivity index (χ4n) is 2.92. The fourth-order valence-corrected chi connectivity index (χ4v) is 2.92. The van der Waals surface area contributed by atoms with Gasteiger partial charge in [0.2, 0.25) is 0 Å². The van der Waals surface area contributed by atoms with Gasteiger partial charge in [0.1, 0.15) is 11.3 Å². The zero-order valence-electron chi connectivity index (χ0n) is 11.6. The van der Waals surface area contributed by atoms with E-state index in [0.29, 0.717) is 11.3 Å². The first kappa shape index (κ1) is 13.7. The zero-order valence-corrected chi connectivity index (χ0v) is 11.6. The largest absolute Gasteiger partial charge is 0.481 e. The monoisotopic (exact) mass is 287 g/mol. The summed E-state index contributed by atoms with van der Waals surface area (Å²) in [7, 11) is 0. The highest BCUT2D eigenvalue weighted by Crippen LogP contribution is 2.32. The Morgan fingerprint density at radius 1 is 1.24 bits per heavy atom. The van der Waals surface area contributed by atoms with Crippen molar-refractivity contribution >= 4 is 22.7 Å². The number of hydrogen-bond acceptors (Lipinski definition) is 4. The molecule has 1 aliphatic carbocycles. The van der Waals surface area contributed by atoms with E-state index in [0.717, 1.165) is 36.0 Å². The molecule has 0 atom stereocenters. The lowest BCUT2D eigenvalue weighted by Crippen LogP contribution is -2.05. The number of benzene rings is 1. The summed E-state index contributed by atoms with van der Waals surface area (Å²) in [5, 5.41) is 22.2. The van der Waals surface area contributed by atoms with Crippen LogP contribution >= 0.6 is 0 Å². The minimum absolute atomic E-state index is 0.0634. The third-order valence-electron chi connectivity index (χ3n) is 3.99. The number of carboxylic acids is 1. The predicted molar refractivity (Wildman–Crippen MR) is 78.0 cm³/mol. The SMILES string of the molecule is O=C(O)CCC(=NO)c1ccc2c3c(oc2c1)CCCC3. The van der Waals surface area contributed by atoms with Crippen LogP contribution in [-0.2, 0) is 17.6 Å². The van der Waals surface area contributed by atoms with E-state index in [1.54, 1.807) is 0 Å². The molecule has 1 aromatic carbocycles. The molecule has 2 N–H and O–H groups in total. The maximum atomic E-state index is 10.6. The standard InChI is InChI=1S/C16H17NO4/c18-16(19)8-7-13(17-20)10-5-6-12-11-3-1-2-4-14(11)21-15(12)9-10/h5-6,9,20H,1-4,7-8H2,(H,18,19). The molecule has 0 spiro atoms. The second-order valence-corrected chi connectivity index (χ2v) is 5.36. The number of rotatable bonds is 4. The Kier molecular flexibility index (Phi) is 3.64. The van der Waals surface area contributed by atoms with Crippen LogP contribution in [0.3, 0.4) is 0 Å². The number of aryl methyl sites for hydroxylation is 2. The van der Waals surface area contributed by atoms with E-state index in [4.69, 9.17) is 14.7 Å². The average Bonchev–Trinajstić information content (AvgIpc) is 2.85. The van der Waals surface area contributed by atoms with Gasteiger partial charge >= 0.3 is 5.97 Å². The fraction of sp³-hybridized carbons (Fsp3) is 0.375. The second-order valence-electron chi connectivity index (χ2n) is 5.36. The van der Waals surface area contributed by atoms with Gasteiger partial charge in [-0.3, -0.25) is 4.79 Å². The third-order valence-corrected chi connectivity index (χ3v) is 3.99. The zero-order chi connectivity index (χ0) is 14.8. The molecule has 0 saturated carbocycles. The summed E-state index contributed by atoms with van der Waals surface area (Å²) in [6, 6.07) is 5.68. The van der Waals surface area contributed by atoms with Crippen molar-refractivity contribution in [2.75, 3.05) is 0 Å². The molecular weight excluding hydrogens is 270 g/mol. The maximum absolute atomic E-state index is 10.6.